The van der Waals surface area contributed by atoms with Crippen molar-refractivity contribution in [1.29, 1.82) is 0 Å². The zero-order valence-electron chi connectivity index (χ0n) is 17.3. The van der Waals surface area contributed by atoms with Gasteiger partial charge in [0.15, 0.2) is 6.54 Å². The molecule has 7 nitrogen and oxygen atoms in total. The summed E-state index contributed by atoms with van der Waals surface area (Å²) in [6.45, 7) is 9.52. The maximum Gasteiger partial charge on any atom is 0.278 e. The van der Waals surface area contributed by atoms with Crippen molar-refractivity contribution >= 4 is 27.5 Å². The number of likely N-dealkylation sites (N-methyl/N-ethyl adjacent to an activating group) is 1. The Balaban J connectivity index is 1.28. The van der Waals surface area contributed by atoms with Gasteiger partial charge in [0.2, 0.25) is 0 Å². The molecule has 1 saturated heterocycles. The molecule has 154 valence electrons. The van der Waals surface area contributed by atoms with Crippen LogP contribution < -0.4 is 9.80 Å². The van der Waals surface area contributed by atoms with Crippen LogP contribution in [0, 0.1) is 6.92 Å². The maximum atomic E-state index is 12.9. The lowest BCUT2D eigenvalue weighted by Gasteiger charge is -2.30. The highest BCUT2D eigenvalue weighted by Crippen LogP contribution is 2.28. The molecular formula is C21H29N5O2S+2. The van der Waals surface area contributed by atoms with Crippen LogP contribution >= 0.6 is 11.3 Å². The lowest BCUT2D eigenvalue weighted by Crippen LogP contribution is -3.28. The number of carbonyl (C=O) groups is 1. The van der Waals surface area contributed by atoms with Gasteiger partial charge in [-0.3, -0.25) is 4.79 Å². The third-order valence-corrected chi connectivity index (χ3v) is 7.02. The Hall–Kier alpha value is -2.29. The van der Waals surface area contributed by atoms with E-state index in [1.807, 2.05) is 43.1 Å². The van der Waals surface area contributed by atoms with E-state index >= 15 is 0 Å². The van der Waals surface area contributed by atoms with Gasteiger partial charge in [0, 0.05) is 13.1 Å². The fraction of sp³-hybridized carbons (Fsp3) is 0.476. The van der Waals surface area contributed by atoms with Gasteiger partial charge in [-0.05, 0) is 26.0 Å². The average Bonchev–Trinajstić information content (AvgIpc) is 3.34. The van der Waals surface area contributed by atoms with Gasteiger partial charge in [-0.15, -0.1) is 11.3 Å². The number of fused-ring (bicyclic) bond motifs is 1. The molecule has 1 atom stereocenters. The Morgan fingerprint density at radius 3 is 2.66 bits per heavy atom. The first-order valence-corrected chi connectivity index (χ1v) is 11.0. The van der Waals surface area contributed by atoms with Gasteiger partial charge in [0.1, 0.15) is 49.2 Å². The van der Waals surface area contributed by atoms with Crippen LogP contribution in [0.25, 0.3) is 10.2 Å². The molecule has 1 aliphatic rings. The minimum Gasteiger partial charge on any atom is -0.361 e. The summed E-state index contributed by atoms with van der Waals surface area (Å²) in [4.78, 5) is 22.3. The summed E-state index contributed by atoms with van der Waals surface area (Å²) in [5.41, 5.74) is 2.02. The van der Waals surface area contributed by atoms with E-state index in [2.05, 4.69) is 18.1 Å². The van der Waals surface area contributed by atoms with Crippen LogP contribution in [-0.2, 0) is 11.3 Å². The molecule has 0 unspecified atom stereocenters. The van der Waals surface area contributed by atoms with E-state index in [4.69, 9.17) is 9.51 Å². The highest BCUT2D eigenvalue weighted by Gasteiger charge is 2.28. The van der Waals surface area contributed by atoms with Crippen molar-refractivity contribution in [2.75, 3.05) is 39.8 Å². The van der Waals surface area contributed by atoms with Crippen LogP contribution in [0.4, 0.5) is 0 Å². The van der Waals surface area contributed by atoms with Crippen LogP contribution in [0.3, 0.4) is 0 Å². The smallest absolute Gasteiger partial charge is 0.278 e. The van der Waals surface area contributed by atoms with E-state index in [1.165, 1.54) is 14.5 Å². The Kier molecular flexibility index (Phi) is 5.94. The van der Waals surface area contributed by atoms with Crippen LogP contribution in [-0.4, -0.2) is 60.7 Å². The minimum absolute atomic E-state index is 0.0124. The maximum absolute atomic E-state index is 12.9. The normalized spacial score (nSPS) is 20.7. The van der Waals surface area contributed by atoms with Gasteiger partial charge in [-0.2, -0.15) is 0 Å². The molecule has 29 heavy (non-hydrogen) atoms. The second kappa shape index (κ2) is 8.61. The molecule has 1 amide bonds. The molecule has 0 bridgehead atoms. The summed E-state index contributed by atoms with van der Waals surface area (Å²) in [6.07, 6.45) is 0. The summed E-state index contributed by atoms with van der Waals surface area (Å²) in [7, 11) is 1.90. The summed E-state index contributed by atoms with van der Waals surface area (Å²) in [5, 5.41) is 5.09. The number of rotatable bonds is 6. The van der Waals surface area contributed by atoms with E-state index in [0.717, 1.165) is 54.7 Å². The summed E-state index contributed by atoms with van der Waals surface area (Å²) in [5.74, 6) is 1.04. The highest BCUT2D eigenvalue weighted by atomic mass is 32.1. The lowest BCUT2D eigenvalue weighted by molar-refractivity contribution is -1.02. The van der Waals surface area contributed by atoms with Crippen molar-refractivity contribution in [1.82, 2.24) is 15.0 Å². The quantitative estimate of drug-likeness (QED) is 0.599. The van der Waals surface area contributed by atoms with E-state index in [-0.39, 0.29) is 11.9 Å². The number of aromatic nitrogens is 2. The molecule has 1 aromatic carbocycles. The van der Waals surface area contributed by atoms with E-state index < -0.39 is 0 Å². The monoisotopic (exact) mass is 415 g/mol. The number of thiazole rings is 1. The molecule has 0 spiro atoms. The number of hydrogen-bond donors (Lipinski definition) is 2. The van der Waals surface area contributed by atoms with Crippen molar-refractivity contribution in [3.05, 3.63) is 46.8 Å². The Morgan fingerprint density at radius 2 is 1.97 bits per heavy atom. The summed E-state index contributed by atoms with van der Waals surface area (Å²) >= 11 is 1.67. The Bertz CT molecular complexity index is 943. The van der Waals surface area contributed by atoms with Gasteiger partial charge in [0.05, 0.1) is 16.3 Å². The van der Waals surface area contributed by atoms with E-state index in [1.54, 1.807) is 11.3 Å². The molecule has 1 aliphatic heterocycles. The number of nitrogens with zero attached hydrogens (tertiary/aromatic N) is 3. The third-order valence-electron chi connectivity index (χ3n) is 5.82. The number of carbonyl (C=O) groups excluding carboxylic acids is 1. The number of para-hydroxylation sites is 1. The second-order valence-corrected chi connectivity index (χ2v) is 9.05. The third kappa shape index (κ3) is 4.66. The largest absolute Gasteiger partial charge is 0.361 e. The average molecular weight is 416 g/mol. The molecule has 0 radical (unpaired) electrons. The van der Waals surface area contributed by atoms with Crippen LogP contribution in [0.2, 0.25) is 0 Å². The zero-order valence-corrected chi connectivity index (χ0v) is 18.1. The van der Waals surface area contributed by atoms with Crippen LogP contribution in [0.1, 0.15) is 29.4 Å². The van der Waals surface area contributed by atoms with Gasteiger partial charge in [-0.1, -0.05) is 17.3 Å². The zero-order chi connectivity index (χ0) is 20.4. The van der Waals surface area contributed by atoms with Crippen LogP contribution in [0.15, 0.2) is 34.9 Å². The number of aryl methyl sites for hydroxylation is 1. The molecule has 4 rings (SSSR count). The summed E-state index contributed by atoms with van der Waals surface area (Å²) in [6, 6.07) is 10.1. The number of piperazine rings is 1. The SMILES string of the molecule is Cc1cc(C[NH+]2CC[NH+](CC(=O)N(C)[C@H](C)c3nc4ccccc4s3)CC2)no1. The number of benzene rings is 1. The molecule has 3 heterocycles. The minimum atomic E-state index is -0.0124. The fourth-order valence-corrected chi connectivity index (χ4v) is 4.92. The predicted molar refractivity (Wildman–Crippen MR) is 112 cm³/mol. The van der Waals surface area contributed by atoms with Gasteiger partial charge in [-0.25, -0.2) is 4.98 Å². The standard InChI is InChI=1S/C21H27N5O2S/c1-15-12-17(23-28-15)13-25-8-10-26(11-9-25)14-20(27)24(3)16(2)21-22-18-6-4-5-7-19(18)29-21/h4-7,12,16H,8-11,13-14H2,1-3H3/p+2/t16-/m1/s1. The molecule has 3 aromatic rings. The number of nitrogens with one attached hydrogen (secondary N) is 2. The van der Waals surface area contributed by atoms with E-state index in [0.29, 0.717) is 6.54 Å². The highest BCUT2D eigenvalue weighted by molar-refractivity contribution is 7.18. The molecule has 2 N–H and O–H groups in total. The Morgan fingerprint density at radius 1 is 1.24 bits per heavy atom. The van der Waals surface area contributed by atoms with Crippen molar-refractivity contribution in [2.45, 2.75) is 26.4 Å². The first-order valence-electron chi connectivity index (χ1n) is 10.2. The van der Waals surface area contributed by atoms with E-state index in [9.17, 15) is 4.79 Å². The van der Waals surface area contributed by atoms with Crippen LogP contribution in [0.5, 0.6) is 0 Å². The number of amides is 1. The Labute approximate surface area is 174 Å². The van der Waals surface area contributed by atoms with Gasteiger partial charge in [0.25, 0.3) is 5.91 Å². The number of hydrogen-bond acceptors (Lipinski definition) is 5. The van der Waals surface area contributed by atoms with Gasteiger partial charge >= 0.3 is 0 Å². The van der Waals surface area contributed by atoms with Crippen molar-refractivity contribution < 1.29 is 19.1 Å². The number of quaternary nitrogens is 2. The van der Waals surface area contributed by atoms with Crippen molar-refractivity contribution in [3.8, 4) is 0 Å². The summed E-state index contributed by atoms with van der Waals surface area (Å²) < 4.78 is 6.33. The van der Waals surface area contributed by atoms with Crippen molar-refractivity contribution in [3.63, 3.8) is 0 Å². The topological polar surface area (TPSA) is 68.1 Å². The molecular weight excluding hydrogens is 386 g/mol. The molecule has 1 fully saturated rings. The molecule has 8 heteroatoms. The van der Waals surface area contributed by atoms with Crippen molar-refractivity contribution in [2.24, 2.45) is 0 Å². The first-order chi connectivity index (χ1) is 14.0. The first kappa shape index (κ1) is 20.0. The molecule has 0 saturated carbocycles. The van der Waals surface area contributed by atoms with Gasteiger partial charge < -0.3 is 19.2 Å². The molecule has 0 aliphatic carbocycles. The lowest BCUT2D eigenvalue weighted by atomic mass is 10.2. The predicted octanol–water partition coefficient (Wildman–Crippen LogP) is 0.0957. The fourth-order valence-electron chi connectivity index (χ4n) is 3.86. The molecule has 2 aromatic heterocycles. The second-order valence-electron chi connectivity index (χ2n) is 7.98.